The van der Waals surface area contributed by atoms with E-state index in [1.807, 2.05) is 26.0 Å². The summed E-state index contributed by atoms with van der Waals surface area (Å²) in [6, 6.07) is 14.1. The number of carbonyl (C=O) groups excluding carboxylic acids is 1. The maximum absolute atomic E-state index is 12.7. The number of aromatic carboxylic acids is 1. The van der Waals surface area contributed by atoms with Crippen LogP contribution in [-0.2, 0) is 4.79 Å². The Morgan fingerprint density at radius 1 is 1.03 bits per heavy atom. The molecule has 0 radical (unpaired) electrons. The zero-order chi connectivity index (χ0) is 23.6. The number of aryl methyl sites for hydroxylation is 4. The third-order valence-corrected chi connectivity index (χ3v) is 5.36. The number of carbonyl (C=O) groups is 2. The fourth-order valence-corrected chi connectivity index (χ4v) is 4.04. The summed E-state index contributed by atoms with van der Waals surface area (Å²) in [6.07, 6.45) is 1.56. The summed E-state index contributed by atoms with van der Waals surface area (Å²) in [5.41, 5.74) is 7.58. The summed E-state index contributed by atoms with van der Waals surface area (Å²) in [4.78, 5) is 23.8. The lowest BCUT2D eigenvalue weighted by Gasteiger charge is -2.17. The van der Waals surface area contributed by atoms with Crippen molar-refractivity contribution in [1.82, 2.24) is 4.57 Å². The number of rotatable bonds is 5. The van der Waals surface area contributed by atoms with Gasteiger partial charge in [0.05, 0.1) is 11.3 Å². The van der Waals surface area contributed by atoms with Crippen LogP contribution in [0.15, 0.2) is 48.0 Å². The molecule has 2 N–H and O–H groups in total. The number of anilines is 1. The second-order valence-electron chi connectivity index (χ2n) is 7.92. The second kappa shape index (κ2) is 8.94. The molecule has 162 valence electrons. The van der Waals surface area contributed by atoms with E-state index in [9.17, 15) is 14.9 Å². The molecule has 0 saturated carbocycles. The molecule has 0 aliphatic rings. The van der Waals surface area contributed by atoms with Crippen molar-refractivity contribution in [2.75, 3.05) is 5.32 Å². The quantitative estimate of drug-likeness (QED) is 0.429. The zero-order valence-electron chi connectivity index (χ0n) is 18.8. The summed E-state index contributed by atoms with van der Waals surface area (Å²) >= 11 is 0. The van der Waals surface area contributed by atoms with Crippen molar-refractivity contribution in [3.8, 4) is 11.8 Å². The van der Waals surface area contributed by atoms with Crippen LogP contribution in [0.2, 0.25) is 0 Å². The fourth-order valence-electron chi connectivity index (χ4n) is 4.04. The van der Waals surface area contributed by atoms with Crippen molar-refractivity contribution in [3.05, 3.63) is 87.2 Å². The molecule has 0 bridgehead atoms. The van der Waals surface area contributed by atoms with E-state index in [0.717, 1.165) is 33.8 Å². The average Bonchev–Trinajstić information content (AvgIpc) is 2.99. The lowest BCUT2D eigenvalue weighted by molar-refractivity contribution is -0.112. The van der Waals surface area contributed by atoms with Crippen molar-refractivity contribution in [2.24, 2.45) is 0 Å². The molecule has 32 heavy (non-hydrogen) atoms. The average molecular weight is 428 g/mol. The van der Waals surface area contributed by atoms with E-state index < -0.39 is 11.9 Å². The number of hydrogen-bond acceptors (Lipinski definition) is 3. The molecule has 0 atom stereocenters. The molecule has 1 aromatic heterocycles. The number of hydrogen-bond donors (Lipinski definition) is 2. The number of amides is 1. The standard InChI is InChI=1S/C26H25N3O3/c1-15-9-16(2)24(17(3)10-15)29-18(4)11-21(19(29)5)12-22(14-27)25(30)28-23-8-6-7-20(13-23)26(31)32/h6-13H,1-5H3,(H,28,30)(H,31,32)/b22-12-. The number of nitrogens with zero attached hydrogens (tertiary/aromatic N) is 2. The van der Waals surface area contributed by atoms with Crippen molar-refractivity contribution in [3.63, 3.8) is 0 Å². The first-order valence-electron chi connectivity index (χ1n) is 10.2. The Morgan fingerprint density at radius 2 is 1.69 bits per heavy atom. The number of carboxylic acids is 1. The molecule has 0 saturated heterocycles. The van der Waals surface area contributed by atoms with Crippen LogP contribution < -0.4 is 5.32 Å². The number of aromatic nitrogens is 1. The molecule has 0 spiro atoms. The van der Waals surface area contributed by atoms with Gasteiger partial charge in [-0.05, 0) is 81.7 Å². The lowest BCUT2D eigenvalue weighted by Crippen LogP contribution is -2.14. The molecule has 6 heteroatoms. The van der Waals surface area contributed by atoms with E-state index in [4.69, 9.17) is 5.11 Å². The van der Waals surface area contributed by atoms with E-state index in [1.54, 1.807) is 12.1 Å². The van der Waals surface area contributed by atoms with Crippen molar-refractivity contribution >= 4 is 23.6 Å². The first kappa shape index (κ1) is 22.6. The number of nitrogens with one attached hydrogen (secondary N) is 1. The molecule has 0 unspecified atom stereocenters. The Morgan fingerprint density at radius 3 is 2.28 bits per heavy atom. The van der Waals surface area contributed by atoms with Gasteiger partial charge in [-0.3, -0.25) is 4.79 Å². The van der Waals surface area contributed by atoms with Gasteiger partial charge in [-0.25, -0.2) is 4.79 Å². The van der Waals surface area contributed by atoms with Gasteiger partial charge in [0.25, 0.3) is 5.91 Å². The van der Waals surface area contributed by atoms with Gasteiger partial charge in [-0.1, -0.05) is 23.8 Å². The molecule has 0 aliphatic heterocycles. The molecule has 0 aliphatic carbocycles. The molecule has 6 nitrogen and oxygen atoms in total. The van der Waals surface area contributed by atoms with Gasteiger partial charge < -0.3 is 15.0 Å². The Kier molecular flexibility index (Phi) is 6.31. The molecule has 3 rings (SSSR count). The van der Waals surface area contributed by atoms with Crippen LogP contribution in [0.4, 0.5) is 5.69 Å². The largest absolute Gasteiger partial charge is 0.478 e. The fraction of sp³-hybridized carbons (Fsp3) is 0.192. The zero-order valence-corrected chi connectivity index (χ0v) is 18.8. The molecule has 0 fully saturated rings. The third kappa shape index (κ3) is 4.47. The number of benzene rings is 2. The normalized spacial score (nSPS) is 11.2. The van der Waals surface area contributed by atoms with E-state index in [1.165, 1.54) is 23.8 Å². The van der Waals surface area contributed by atoms with Crippen LogP contribution in [0.25, 0.3) is 11.8 Å². The van der Waals surface area contributed by atoms with E-state index in [2.05, 4.69) is 42.8 Å². The Hall–Kier alpha value is -4.11. The molecular weight excluding hydrogens is 402 g/mol. The highest BCUT2D eigenvalue weighted by Gasteiger charge is 2.16. The van der Waals surface area contributed by atoms with Gasteiger partial charge in [0.15, 0.2) is 0 Å². The summed E-state index contributed by atoms with van der Waals surface area (Å²) in [5.74, 6) is -1.69. The summed E-state index contributed by atoms with van der Waals surface area (Å²) in [7, 11) is 0. The highest BCUT2D eigenvalue weighted by atomic mass is 16.4. The van der Waals surface area contributed by atoms with Crippen LogP contribution >= 0.6 is 0 Å². The minimum absolute atomic E-state index is 0.0534. The minimum atomic E-state index is -1.09. The predicted molar refractivity (Wildman–Crippen MR) is 125 cm³/mol. The van der Waals surface area contributed by atoms with Gasteiger partial charge in [-0.15, -0.1) is 0 Å². The van der Waals surface area contributed by atoms with Crippen molar-refractivity contribution in [2.45, 2.75) is 34.6 Å². The Bertz CT molecular complexity index is 1280. The van der Waals surface area contributed by atoms with Crippen LogP contribution in [0, 0.1) is 45.9 Å². The van der Waals surface area contributed by atoms with Crippen LogP contribution in [-0.4, -0.2) is 21.6 Å². The Balaban J connectivity index is 1.98. The Labute approximate surface area is 187 Å². The molecule has 1 heterocycles. The van der Waals surface area contributed by atoms with Gasteiger partial charge in [0.2, 0.25) is 0 Å². The second-order valence-corrected chi connectivity index (χ2v) is 7.92. The predicted octanol–water partition coefficient (Wildman–Crippen LogP) is 5.26. The summed E-state index contributed by atoms with van der Waals surface area (Å²) < 4.78 is 2.14. The minimum Gasteiger partial charge on any atom is -0.478 e. The topological polar surface area (TPSA) is 95.1 Å². The molecule has 2 aromatic carbocycles. The van der Waals surface area contributed by atoms with Gasteiger partial charge in [-0.2, -0.15) is 5.26 Å². The number of carboxylic acid groups (broad SMARTS) is 1. The summed E-state index contributed by atoms with van der Waals surface area (Å²) in [6.45, 7) is 10.2. The van der Waals surface area contributed by atoms with Crippen molar-refractivity contribution < 1.29 is 14.7 Å². The lowest BCUT2D eigenvalue weighted by atomic mass is 10.0. The van der Waals surface area contributed by atoms with Crippen LogP contribution in [0.1, 0.15) is 44.0 Å². The van der Waals surface area contributed by atoms with E-state index in [-0.39, 0.29) is 11.1 Å². The maximum Gasteiger partial charge on any atom is 0.335 e. The van der Waals surface area contributed by atoms with Gasteiger partial charge >= 0.3 is 5.97 Å². The number of nitriles is 1. The van der Waals surface area contributed by atoms with E-state index >= 15 is 0 Å². The van der Waals surface area contributed by atoms with E-state index in [0.29, 0.717) is 5.69 Å². The monoisotopic (exact) mass is 427 g/mol. The maximum atomic E-state index is 12.7. The molecule has 3 aromatic rings. The highest BCUT2D eigenvalue weighted by molar-refractivity contribution is 6.10. The van der Waals surface area contributed by atoms with Crippen molar-refractivity contribution in [1.29, 1.82) is 5.26 Å². The first-order chi connectivity index (χ1) is 15.1. The van der Waals surface area contributed by atoms with Gasteiger partial charge in [0.1, 0.15) is 11.6 Å². The molecular formula is C26H25N3O3. The van der Waals surface area contributed by atoms with Crippen LogP contribution in [0.3, 0.4) is 0 Å². The first-order valence-corrected chi connectivity index (χ1v) is 10.2. The third-order valence-electron chi connectivity index (χ3n) is 5.36. The summed E-state index contributed by atoms with van der Waals surface area (Å²) in [5, 5.41) is 21.3. The SMILES string of the molecule is Cc1cc(C)c(-n2c(C)cc(/C=C(/C#N)C(=O)Nc3cccc(C(=O)O)c3)c2C)c(C)c1. The smallest absolute Gasteiger partial charge is 0.335 e. The van der Waals surface area contributed by atoms with Gasteiger partial charge in [0, 0.05) is 17.1 Å². The van der Waals surface area contributed by atoms with Crippen LogP contribution in [0.5, 0.6) is 0 Å². The molecule has 1 amide bonds. The highest BCUT2D eigenvalue weighted by Crippen LogP contribution is 2.28.